The van der Waals surface area contributed by atoms with Gasteiger partial charge in [-0.2, -0.15) is 0 Å². The lowest BCUT2D eigenvalue weighted by molar-refractivity contribution is -0.136. The summed E-state index contributed by atoms with van der Waals surface area (Å²) in [5.74, 6) is -0.307. The van der Waals surface area contributed by atoms with E-state index in [4.69, 9.17) is 0 Å². The van der Waals surface area contributed by atoms with Gasteiger partial charge >= 0.3 is 0 Å². The predicted octanol–water partition coefficient (Wildman–Crippen LogP) is 2.79. The van der Waals surface area contributed by atoms with Crippen LogP contribution in [0.2, 0.25) is 0 Å². The maximum Gasteiger partial charge on any atom is 0.245 e. The molecule has 3 rings (SSSR count). The maximum atomic E-state index is 12.6. The van der Waals surface area contributed by atoms with E-state index in [0.717, 1.165) is 12.0 Å². The van der Waals surface area contributed by atoms with Gasteiger partial charge in [0.1, 0.15) is 6.04 Å². The minimum absolute atomic E-state index is 0.0454. The molecule has 1 aliphatic rings. The number of fused-ring (bicyclic) bond motifs is 1. The molecule has 1 N–H and O–H groups in total. The zero-order chi connectivity index (χ0) is 17.6. The average Bonchev–Trinajstić information content (AvgIpc) is 2.66. The SMILES string of the molecule is CC(NC(=O)/C=C/c1ccccc1)C(=O)N1CCc2ccccc2C1. The standard InChI is InChI=1S/C21H22N2O2/c1-16(22-20(24)12-11-17-7-3-2-4-8-17)21(25)23-14-13-18-9-5-6-10-19(18)15-23/h2-12,16H,13-15H2,1H3,(H,22,24)/b12-11+. The topological polar surface area (TPSA) is 49.4 Å². The summed E-state index contributed by atoms with van der Waals surface area (Å²) in [4.78, 5) is 26.5. The molecule has 2 aromatic rings. The second-order valence-corrected chi connectivity index (χ2v) is 6.25. The molecule has 0 aromatic heterocycles. The van der Waals surface area contributed by atoms with Crippen LogP contribution in [0.25, 0.3) is 6.08 Å². The summed E-state index contributed by atoms with van der Waals surface area (Å²) in [5.41, 5.74) is 3.43. The minimum atomic E-state index is -0.543. The molecule has 0 spiro atoms. The van der Waals surface area contributed by atoms with Crippen molar-refractivity contribution in [3.63, 3.8) is 0 Å². The van der Waals surface area contributed by atoms with Gasteiger partial charge in [0.05, 0.1) is 0 Å². The van der Waals surface area contributed by atoms with E-state index in [9.17, 15) is 9.59 Å². The van der Waals surface area contributed by atoms with Gasteiger partial charge in [-0.05, 0) is 36.1 Å². The van der Waals surface area contributed by atoms with Crippen LogP contribution in [0.3, 0.4) is 0 Å². The summed E-state index contributed by atoms with van der Waals surface area (Å²) in [6, 6.07) is 17.2. The highest BCUT2D eigenvalue weighted by Gasteiger charge is 2.24. The first kappa shape index (κ1) is 17.0. The lowest BCUT2D eigenvalue weighted by Crippen LogP contribution is -2.48. The lowest BCUT2D eigenvalue weighted by Gasteiger charge is -2.31. The normalized spacial score (nSPS) is 14.8. The van der Waals surface area contributed by atoms with Crippen LogP contribution in [0, 0.1) is 0 Å². The summed E-state index contributed by atoms with van der Waals surface area (Å²) in [5, 5.41) is 2.75. The van der Waals surface area contributed by atoms with Crippen molar-refractivity contribution >= 4 is 17.9 Å². The van der Waals surface area contributed by atoms with E-state index in [-0.39, 0.29) is 11.8 Å². The molecule has 0 aliphatic carbocycles. The molecule has 0 radical (unpaired) electrons. The highest BCUT2D eigenvalue weighted by molar-refractivity contribution is 5.95. The molecule has 1 heterocycles. The molecule has 1 unspecified atom stereocenters. The van der Waals surface area contributed by atoms with Gasteiger partial charge in [-0.1, -0.05) is 54.6 Å². The first-order valence-electron chi connectivity index (χ1n) is 8.52. The van der Waals surface area contributed by atoms with Gasteiger partial charge in [0, 0.05) is 19.2 Å². The predicted molar refractivity (Wildman–Crippen MR) is 98.6 cm³/mol. The number of amides is 2. The summed E-state index contributed by atoms with van der Waals surface area (Å²) < 4.78 is 0. The third-order valence-electron chi connectivity index (χ3n) is 4.40. The average molecular weight is 334 g/mol. The van der Waals surface area contributed by atoms with Crippen molar-refractivity contribution in [2.75, 3.05) is 6.54 Å². The molecule has 1 aliphatic heterocycles. The number of nitrogens with zero attached hydrogens (tertiary/aromatic N) is 1. The van der Waals surface area contributed by atoms with Gasteiger partial charge < -0.3 is 10.2 Å². The zero-order valence-corrected chi connectivity index (χ0v) is 14.3. The van der Waals surface area contributed by atoms with Gasteiger partial charge in [-0.25, -0.2) is 0 Å². The first-order valence-corrected chi connectivity index (χ1v) is 8.52. The van der Waals surface area contributed by atoms with Crippen molar-refractivity contribution in [2.45, 2.75) is 25.9 Å². The summed E-state index contributed by atoms with van der Waals surface area (Å²) in [6.45, 7) is 3.03. The van der Waals surface area contributed by atoms with Gasteiger partial charge in [0.15, 0.2) is 0 Å². The summed E-state index contributed by atoms with van der Waals surface area (Å²) >= 11 is 0. The Kier molecular flexibility index (Phi) is 5.29. The highest BCUT2D eigenvalue weighted by atomic mass is 16.2. The van der Waals surface area contributed by atoms with Crippen LogP contribution in [-0.2, 0) is 22.6 Å². The second-order valence-electron chi connectivity index (χ2n) is 6.25. The van der Waals surface area contributed by atoms with Crippen molar-refractivity contribution in [2.24, 2.45) is 0 Å². The molecule has 0 fully saturated rings. The number of carbonyl (C=O) groups is 2. The molecule has 2 amide bonds. The van der Waals surface area contributed by atoms with Crippen LogP contribution >= 0.6 is 0 Å². The van der Waals surface area contributed by atoms with Gasteiger partial charge in [0.2, 0.25) is 11.8 Å². The van der Waals surface area contributed by atoms with Crippen molar-refractivity contribution in [1.82, 2.24) is 10.2 Å². The van der Waals surface area contributed by atoms with Gasteiger partial charge in [-0.15, -0.1) is 0 Å². The third kappa shape index (κ3) is 4.35. The Hall–Kier alpha value is -2.88. The van der Waals surface area contributed by atoms with Gasteiger partial charge in [-0.3, -0.25) is 9.59 Å². The monoisotopic (exact) mass is 334 g/mol. The quantitative estimate of drug-likeness (QED) is 0.874. The van der Waals surface area contributed by atoms with Crippen LogP contribution in [-0.4, -0.2) is 29.3 Å². The van der Waals surface area contributed by atoms with Crippen molar-refractivity contribution < 1.29 is 9.59 Å². The summed E-state index contributed by atoms with van der Waals surface area (Å²) in [6.07, 6.45) is 4.06. The van der Waals surface area contributed by atoms with Crippen LogP contribution in [0.1, 0.15) is 23.6 Å². The maximum absolute atomic E-state index is 12.6. The minimum Gasteiger partial charge on any atom is -0.341 e. The number of carbonyl (C=O) groups excluding carboxylic acids is 2. The molecule has 1 atom stereocenters. The van der Waals surface area contributed by atoms with Gasteiger partial charge in [0.25, 0.3) is 0 Å². The number of hydrogen-bond donors (Lipinski definition) is 1. The fraction of sp³-hybridized carbons (Fsp3) is 0.238. The van der Waals surface area contributed by atoms with E-state index >= 15 is 0 Å². The largest absolute Gasteiger partial charge is 0.341 e. The van der Waals surface area contributed by atoms with Crippen molar-refractivity contribution in [3.8, 4) is 0 Å². The Morgan fingerprint density at radius 1 is 1.04 bits per heavy atom. The van der Waals surface area contributed by atoms with E-state index in [1.54, 1.807) is 13.0 Å². The molecule has 0 saturated carbocycles. The number of nitrogens with one attached hydrogen (secondary N) is 1. The fourth-order valence-electron chi connectivity index (χ4n) is 3.02. The lowest BCUT2D eigenvalue weighted by atomic mass is 9.99. The van der Waals surface area contributed by atoms with Crippen LogP contribution in [0.4, 0.5) is 0 Å². The number of benzene rings is 2. The Labute approximate surface area is 148 Å². The van der Waals surface area contributed by atoms with E-state index in [1.807, 2.05) is 47.4 Å². The van der Waals surface area contributed by atoms with Crippen molar-refractivity contribution in [3.05, 3.63) is 77.4 Å². The molecule has 0 saturated heterocycles. The molecular weight excluding hydrogens is 312 g/mol. The zero-order valence-electron chi connectivity index (χ0n) is 14.3. The molecule has 2 aromatic carbocycles. The van der Waals surface area contributed by atoms with Crippen LogP contribution < -0.4 is 5.32 Å². The highest BCUT2D eigenvalue weighted by Crippen LogP contribution is 2.19. The molecular formula is C21H22N2O2. The van der Waals surface area contributed by atoms with E-state index in [2.05, 4.69) is 17.4 Å². The Morgan fingerprint density at radius 3 is 2.48 bits per heavy atom. The Morgan fingerprint density at radius 2 is 1.72 bits per heavy atom. The number of hydrogen-bond acceptors (Lipinski definition) is 2. The molecule has 25 heavy (non-hydrogen) atoms. The molecule has 128 valence electrons. The molecule has 0 bridgehead atoms. The fourth-order valence-corrected chi connectivity index (χ4v) is 3.02. The molecule has 4 nitrogen and oxygen atoms in total. The van der Waals surface area contributed by atoms with E-state index in [1.165, 1.54) is 17.2 Å². The summed E-state index contributed by atoms with van der Waals surface area (Å²) in [7, 11) is 0. The Balaban J connectivity index is 1.56. The van der Waals surface area contributed by atoms with E-state index in [0.29, 0.717) is 13.1 Å². The van der Waals surface area contributed by atoms with Crippen LogP contribution in [0.15, 0.2) is 60.7 Å². The first-order chi connectivity index (χ1) is 12.1. The molecule has 4 heteroatoms. The van der Waals surface area contributed by atoms with Crippen LogP contribution in [0.5, 0.6) is 0 Å². The third-order valence-corrected chi connectivity index (χ3v) is 4.40. The Bertz CT molecular complexity index is 783. The smallest absolute Gasteiger partial charge is 0.245 e. The number of rotatable bonds is 4. The van der Waals surface area contributed by atoms with E-state index < -0.39 is 6.04 Å². The second kappa shape index (κ2) is 7.79. The van der Waals surface area contributed by atoms with Crippen molar-refractivity contribution in [1.29, 1.82) is 0 Å².